The maximum atomic E-state index is 10.6. The summed E-state index contributed by atoms with van der Waals surface area (Å²) in [5.41, 5.74) is 1.47. The highest BCUT2D eigenvalue weighted by atomic mass is 35.5. The number of hydrogen-bond donors (Lipinski definition) is 4. The molecule has 178 valence electrons. The molecule has 4 atom stereocenters. The summed E-state index contributed by atoms with van der Waals surface area (Å²) >= 11 is 25.0. The third-order valence-corrected chi connectivity index (χ3v) is 7.01. The van der Waals surface area contributed by atoms with Crippen LogP contribution in [0.15, 0.2) is 30.3 Å². The molecule has 0 saturated carbocycles. The summed E-state index contributed by atoms with van der Waals surface area (Å²) in [6, 6.07) is 8.38. The number of aliphatic hydroxyl groups is 4. The molecule has 0 heterocycles. The van der Waals surface area contributed by atoms with E-state index in [9.17, 15) is 20.4 Å². The molecule has 2 aromatic carbocycles. The van der Waals surface area contributed by atoms with E-state index in [2.05, 4.69) is 0 Å². The summed E-state index contributed by atoms with van der Waals surface area (Å²) in [7, 11) is 0. The molecule has 8 heteroatoms. The predicted octanol–water partition coefficient (Wildman–Crippen LogP) is 6.69. The van der Waals surface area contributed by atoms with Crippen LogP contribution in [0.1, 0.15) is 74.3 Å². The zero-order valence-electron chi connectivity index (χ0n) is 17.9. The summed E-state index contributed by atoms with van der Waals surface area (Å²) in [5, 5.41) is 42.9. The Labute approximate surface area is 209 Å². The van der Waals surface area contributed by atoms with Crippen LogP contribution in [0.3, 0.4) is 0 Å². The van der Waals surface area contributed by atoms with Crippen LogP contribution in [0, 0.1) is 0 Å². The first kappa shape index (κ1) is 27.7. The van der Waals surface area contributed by atoms with E-state index in [-0.39, 0.29) is 0 Å². The Hall–Kier alpha value is -0.560. The highest BCUT2D eigenvalue weighted by Crippen LogP contribution is 2.37. The molecule has 0 amide bonds. The van der Waals surface area contributed by atoms with E-state index >= 15 is 0 Å². The molecule has 2 rings (SSSR count). The van der Waals surface area contributed by atoms with Crippen LogP contribution in [-0.4, -0.2) is 32.6 Å². The highest BCUT2D eigenvalue weighted by molar-refractivity contribution is 6.37. The topological polar surface area (TPSA) is 80.9 Å². The molecule has 0 bridgehead atoms. The average Bonchev–Trinajstić information content (AvgIpc) is 2.75. The van der Waals surface area contributed by atoms with Crippen molar-refractivity contribution >= 4 is 46.4 Å². The van der Waals surface area contributed by atoms with Crippen molar-refractivity contribution in [2.75, 3.05) is 0 Å². The van der Waals surface area contributed by atoms with Crippen molar-refractivity contribution in [3.63, 3.8) is 0 Å². The Morgan fingerprint density at radius 1 is 0.688 bits per heavy atom. The predicted molar refractivity (Wildman–Crippen MR) is 132 cm³/mol. The van der Waals surface area contributed by atoms with Gasteiger partial charge in [-0.05, 0) is 49.4 Å². The van der Waals surface area contributed by atoms with Gasteiger partial charge in [0.25, 0.3) is 0 Å². The van der Waals surface area contributed by atoms with Crippen LogP contribution in [0.4, 0.5) is 0 Å². The van der Waals surface area contributed by atoms with E-state index in [1.165, 1.54) is 0 Å². The minimum absolute atomic E-state index is 0.309. The van der Waals surface area contributed by atoms with Crippen LogP contribution in [0.2, 0.25) is 20.1 Å². The van der Waals surface area contributed by atoms with Gasteiger partial charge in [-0.2, -0.15) is 0 Å². The summed E-state index contributed by atoms with van der Waals surface area (Å²) in [6.07, 6.45) is 0.133. The van der Waals surface area contributed by atoms with Gasteiger partial charge in [0, 0.05) is 26.2 Å². The maximum Gasteiger partial charge on any atom is 0.108 e. The molecule has 0 unspecified atom stereocenters. The molecule has 0 spiro atoms. The molecule has 0 aromatic heterocycles. The normalized spacial score (nSPS) is 15.4. The molecular weight excluding hydrogens is 494 g/mol. The molecule has 0 aliphatic carbocycles. The molecule has 0 aliphatic heterocycles. The van der Waals surface area contributed by atoms with Gasteiger partial charge in [-0.1, -0.05) is 84.7 Å². The average molecular weight is 524 g/mol. The summed E-state index contributed by atoms with van der Waals surface area (Å²) < 4.78 is 0. The second kappa shape index (κ2) is 13.4. The minimum Gasteiger partial charge on any atom is -0.390 e. The van der Waals surface area contributed by atoms with Crippen molar-refractivity contribution in [3.05, 3.63) is 67.1 Å². The van der Waals surface area contributed by atoms with E-state index in [4.69, 9.17) is 46.4 Å². The molecule has 0 fully saturated rings. The fraction of sp³-hybridized carbons (Fsp3) is 0.500. The molecular formula is C24H30Cl4O4. The number of hydrogen-bond acceptors (Lipinski definition) is 4. The number of aliphatic hydroxyl groups excluding tert-OH is 4. The molecule has 0 aliphatic rings. The van der Waals surface area contributed by atoms with Crippen LogP contribution in [0.25, 0.3) is 0 Å². The number of unbranched alkanes of at least 4 members (excludes halogenated alkanes) is 2. The van der Waals surface area contributed by atoms with Crippen LogP contribution in [0.5, 0.6) is 0 Å². The highest BCUT2D eigenvalue weighted by Gasteiger charge is 2.25. The smallest absolute Gasteiger partial charge is 0.108 e. The van der Waals surface area contributed by atoms with Crippen LogP contribution < -0.4 is 0 Å². The van der Waals surface area contributed by atoms with Crippen molar-refractivity contribution in [2.24, 2.45) is 0 Å². The zero-order chi connectivity index (χ0) is 23.8. The number of benzene rings is 2. The van der Waals surface area contributed by atoms with Gasteiger partial charge in [-0.15, -0.1) is 0 Å². The SMILES string of the molecule is CCCC[C@@H](O)[C@H](O)c1c(Cl)ccc(CCCC[C@H](O)[C@@H](O)c2c(Cl)cccc2Cl)c1Cl. The lowest BCUT2D eigenvalue weighted by molar-refractivity contribution is 0.0120. The van der Waals surface area contributed by atoms with Gasteiger partial charge in [-0.25, -0.2) is 0 Å². The van der Waals surface area contributed by atoms with E-state index in [1.807, 2.05) is 6.92 Å². The van der Waals surface area contributed by atoms with E-state index in [0.29, 0.717) is 63.3 Å². The Kier molecular flexibility index (Phi) is 11.6. The van der Waals surface area contributed by atoms with Gasteiger partial charge in [0.05, 0.1) is 17.2 Å². The van der Waals surface area contributed by atoms with Gasteiger partial charge >= 0.3 is 0 Å². The fourth-order valence-corrected chi connectivity index (χ4v) is 4.96. The lowest BCUT2D eigenvalue weighted by Crippen LogP contribution is -2.19. The first-order valence-electron chi connectivity index (χ1n) is 10.8. The van der Waals surface area contributed by atoms with Crippen molar-refractivity contribution in [1.29, 1.82) is 0 Å². The molecule has 4 nitrogen and oxygen atoms in total. The van der Waals surface area contributed by atoms with E-state index in [1.54, 1.807) is 30.3 Å². The van der Waals surface area contributed by atoms with Crippen molar-refractivity contribution in [1.82, 2.24) is 0 Å². The molecule has 2 aromatic rings. The van der Waals surface area contributed by atoms with Gasteiger partial charge in [0.1, 0.15) is 12.2 Å². The van der Waals surface area contributed by atoms with Crippen LogP contribution >= 0.6 is 46.4 Å². The molecule has 0 radical (unpaired) electrons. The minimum atomic E-state index is -1.18. The van der Waals surface area contributed by atoms with Gasteiger partial charge < -0.3 is 20.4 Å². The quantitative estimate of drug-likeness (QED) is 0.233. The largest absolute Gasteiger partial charge is 0.390 e. The monoisotopic (exact) mass is 522 g/mol. The first-order chi connectivity index (χ1) is 15.2. The fourth-order valence-electron chi connectivity index (χ4n) is 3.65. The van der Waals surface area contributed by atoms with Crippen molar-refractivity contribution in [2.45, 2.75) is 76.3 Å². The van der Waals surface area contributed by atoms with E-state index in [0.717, 1.165) is 18.4 Å². The molecule has 0 saturated heterocycles. The van der Waals surface area contributed by atoms with Crippen LogP contribution in [-0.2, 0) is 6.42 Å². The Bertz CT molecular complexity index is 857. The second-order valence-corrected chi connectivity index (χ2v) is 9.58. The number of halogens is 4. The lowest BCUT2D eigenvalue weighted by atomic mass is 9.95. The molecule has 32 heavy (non-hydrogen) atoms. The summed E-state index contributed by atoms with van der Waals surface area (Å²) in [6.45, 7) is 2.01. The number of rotatable bonds is 12. The maximum absolute atomic E-state index is 10.6. The standard InChI is InChI=1S/C24H30Cl4O4/c1-2-3-10-18(29)24(32)21-17(27)13-12-14(22(21)28)7-4-5-11-19(30)23(31)20-15(25)8-6-9-16(20)26/h6,8-9,12-13,18-19,23-24,29-32H,2-5,7,10-11H2,1H3/t18-,19+,23-,24+/m1/s1. The van der Waals surface area contributed by atoms with Gasteiger partial charge in [0.2, 0.25) is 0 Å². The summed E-state index contributed by atoms with van der Waals surface area (Å²) in [5.74, 6) is 0. The third kappa shape index (κ3) is 7.22. The Balaban J connectivity index is 1.97. The van der Waals surface area contributed by atoms with Gasteiger partial charge in [-0.3, -0.25) is 0 Å². The van der Waals surface area contributed by atoms with Crippen molar-refractivity contribution < 1.29 is 20.4 Å². The third-order valence-electron chi connectivity index (χ3n) is 5.58. The zero-order valence-corrected chi connectivity index (χ0v) is 21.0. The first-order valence-corrected chi connectivity index (χ1v) is 12.3. The lowest BCUT2D eigenvalue weighted by Gasteiger charge is -2.22. The Morgan fingerprint density at radius 3 is 1.81 bits per heavy atom. The molecule has 4 N–H and O–H groups in total. The second-order valence-electron chi connectivity index (χ2n) is 7.98. The van der Waals surface area contributed by atoms with Gasteiger partial charge in [0.15, 0.2) is 0 Å². The summed E-state index contributed by atoms with van der Waals surface area (Å²) in [4.78, 5) is 0. The van der Waals surface area contributed by atoms with Crippen molar-refractivity contribution in [3.8, 4) is 0 Å². The number of aryl methyl sites for hydroxylation is 1. The Morgan fingerprint density at radius 2 is 1.22 bits per heavy atom. The van der Waals surface area contributed by atoms with E-state index < -0.39 is 24.4 Å².